The molecule has 20 heavy (non-hydrogen) atoms. The topological polar surface area (TPSA) is 90.0 Å². The van der Waals surface area contributed by atoms with E-state index in [4.69, 9.17) is 5.73 Å². The Balaban J connectivity index is 2.31. The van der Waals surface area contributed by atoms with Gasteiger partial charge in [-0.3, -0.25) is 9.59 Å². The summed E-state index contributed by atoms with van der Waals surface area (Å²) in [6.07, 6.45) is 1.58. The van der Waals surface area contributed by atoms with E-state index < -0.39 is 5.91 Å². The highest BCUT2D eigenvalue weighted by Gasteiger charge is 2.09. The molecule has 0 aliphatic rings. The third-order valence-electron chi connectivity index (χ3n) is 2.85. The van der Waals surface area contributed by atoms with Crippen LogP contribution in [0.25, 0.3) is 0 Å². The van der Waals surface area contributed by atoms with Crippen molar-refractivity contribution in [3.63, 3.8) is 0 Å². The highest BCUT2D eigenvalue weighted by molar-refractivity contribution is 5.94. The zero-order valence-corrected chi connectivity index (χ0v) is 11.2. The molecule has 2 aromatic rings. The number of carbonyl (C=O) groups excluding carboxylic acids is 1. The van der Waals surface area contributed by atoms with Crippen LogP contribution in [0.1, 0.15) is 22.8 Å². The molecule has 1 aromatic heterocycles. The van der Waals surface area contributed by atoms with Gasteiger partial charge in [0.1, 0.15) is 0 Å². The van der Waals surface area contributed by atoms with Crippen molar-refractivity contribution in [3.8, 4) is 0 Å². The van der Waals surface area contributed by atoms with Crippen LogP contribution in [-0.4, -0.2) is 22.2 Å². The van der Waals surface area contributed by atoms with Crippen LogP contribution < -0.4 is 16.6 Å². The first-order valence-corrected chi connectivity index (χ1v) is 6.30. The van der Waals surface area contributed by atoms with Crippen molar-refractivity contribution < 1.29 is 4.79 Å². The molecule has 0 aliphatic carbocycles. The van der Waals surface area contributed by atoms with E-state index in [0.29, 0.717) is 16.8 Å². The molecule has 0 aliphatic heterocycles. The molecule has 1 aromatic carbocycles. The molecule has 0 spiro atoms. The van der Waals surface area contributed by atoms with Gasteiger partial charge in [0.25, 0.3) is 5.56 Å². The lowest BCUT2D eigenvalue weighted by Crippen LogP contribution is -2.24. The van der Waals surface area contributed by atoms with Gasteiger partial charge in [0, 0.05) is 18.2 Å². The van der Waals surface area contributed by atoms with Gasteiger partial charge in [0.05, 0.1) is 18.4 Å². The van der Waals surface area contributed by atoms with E-state index in [1.54, 1.807) is 30.5 Å². The molecule has 3 N–H and O–H groups in total. The van der Waals surface area contributed by atoms with Crippen LogP contribution in [0, 0.1) is 0 Å². The molecule has 0 atom stereocenters. The van der Waals surface area contributed by atoms with Crippen molar-refractivity contribution in [1.29, 1.82) is 0 Å². The molecule has 0 radical (unpaired) electrons. The smallest absolute Gasteiger partial charge is 0.269 e. The van der Waals surface area contributed by atoms with E-state index in [1.165, 1.54) is 10.7 Å². The molecular formula is C14H16N4O2. The molecule has 0 fully saturated rings. The van der Waals surface area contributed by atoms with Crippen molar-refractivity contribution >= 4 is 11.6 Å². The normalized spacial score (nSPS) is 10.2. The Hall–Kier alpha value is -2.63. The van der Waals surface area contributed by atoms with Crippen LogP contribution in [0.2, 0.25) is 0 Å². The summed E-state index contributed by atoms with van der Waals surface area (Å²) >= 11 is 0. The van der Waals surface area contributed by atoms with E-state index >= 15 is 0 Å². The van der Waals surface area contributed by atoms with Gasteiger partial charge in [0.2, 0.25) is 5.91 Å². The summed E-state index contributed by atoms with van der Waals surface area (Å²) in [7, 11) is 0. The lowest BCUT2D eigenvalue weighted by molar-refractivity contribution is 0.0999. The van der Waals surface area contributed by atoms with E-state index in [2.05, 4.69) is 10.4 Å². The Morgan fingerprint density at radius 3 is 2.80 bits per heavy atom. The highest BCUT2D eigenvalue weighted by Crippen LogP contribution is 2.09. The molecule has 0 bridgehead atoms. The fraction of sp³-hybridized carbons (Fsp3) is 0.214. The lowest BCUT2D eigenvalue weighted by Gasteiger charge is -2.09. The molecule has 104 valence electrons. The van der Waals surface area contributed by atoms with E-state index in [9.17, 15) is 9.59 Å². The number of benzene rings is 1. The lowest BCUT2D eigenvalue weighted by atomic mass is 10.1. The first kappa shape index (κ1) is 13.8. The number of amides is 1. The predicted octanol–water partition coefficient (Wildman–Crippen LogP) is 0.822. The maximum atomic E-state index is 11.9. The Morgan fingerprint density at radius 2 is 2.15 bits per heavy atom. The second-order valence-corrected chi connectivity index (χ2v) is 4.29. The summed E-state index contributed by atoms with van der Waals surface area (Å²) in [6, 6.07) is 8.39. The minimum atomic E-state index is -0.516. The monoisotopic (exact) mass is 272 g/mol. The number of hydrogen-bond acceptors (Lipinski definition) is 4. The summed E-state index contributed by atoms with van der Waals surface area (Å²) in [5.74, 6) is -0.516. The van der Waals surface area contributed by atoms with Gasteiger partial charge in [-0.15, -0.1) is 0 Å². The molecule has 6 nitrogen and oxygen atoms in total. The van der Waals surface area contributed by atoms with Gasteiger partial charge in [-0.25, -0.2) is 4.68 Å². The third-order valence-corrected chi connectivity index (χ3v) is 2.85. The fourth-order valence-electron chi connectivity index (χ4n) is 1.91. The van der Waals surface area contributed by atoms with E-state index in [-0.39, 0.29) is 12.1 Å². The van der Waals surface area contributed by atoms with E-state index in [1.807, 2.05) is 6.92 Å². The number of nitrogens with one attached hydrogen (secondary N) is 1. The highest BCUT2D eigenvalue weighted by atomic mass is 16.1. The number of hydrogen-bond donors (Lipinski definition) is 2. The van der Waals surface area contributed by atoms with Gasteiger partial charge in [-0.05, 0) is 18.6 Å². The fourth-order valence-corrected chi connectivity index (χ4v) is 1.91. The largest absolute Gasteiger partial charge is 0.384 e. The van der Waals surface area contributed by atoms with E-state index in [0.717, 1.165) is 6.54 Å². The van der Waals surface area contributed by atoms with Crippen LogP contribution in [-0.2, 0) is 6.54 Å². The maximum absolute atomic E-state index is 11.9. The summed E-state index contributed by atoms with van der Waals surface area (Å²) in [5.41, 5.74) is 6.83. The minimum absolute atomic E-state index is 0.213. The van der Waals surface area contributed by atoms with Crippen LogP contribution in [0.3, 0.4) is 0 Å². The number of carbonyl (C=O) groups is 1. The number of nitrogens with two attached hydrogens (primary N) is 1. The molecule has 0 saturated carbocycles. The zero-order valence-electron chi connectivity index (χ0n) is 11.2. The second-order valence-electron chi connectivity index (χ2n) is 4.29. The summed E-state index contributed by atoms with van der Waals surface area (Å²) in [4.78, 5) is 23.3. The zero-order chi connectivity index (χ0) is 14.5. The third kappa shape index (κ3) is 3.03. The molecule has 6 heteroatoms. The number of primary amides is 1. The minimum Gasteiger partial charge on any atom is -0.384 e. The standard InChI is InChI=1S/C14H16N4O2/c1-2-16-11-7-13(19)18(17-8-11)9-10-5-3-4-6-12(10)14(15)20/h3-8,16H,2,9H2,1H3,(H2,15,20). The average molecular weight is 272 g/mol. The van der Waals surface area contributed by atoms with Gasteiger partial charge >= 0.3 is 0 Å². The van der Waals surface area contributed by atoms with Crippen molar-refractivity contribution in [2.45, 2.75) is 13.5 Å². The van der Waals surface area contributed by atoms with Gasteiger partial charge in [-0.2, -0.15) is 5.10 Å². The second kappa shape index (κ2) is 6.01. The predicted molar refractivity (Wildman–Crippen MR) is 76.7 cm³/mol. The SMILES string of the molecule is CCNc1cnn(Cc2ccccc2C(N)=O)c(=O)c1. The van der Waals surface area contributed by atoms with Crippen molar-refractivity contribution in [3.05, 3.63) is 58.0 Å². The Labute approximate surface area is 116 Å². The average Bonchev–Trinajstić information content (AvgIpc) is 2.42. The van der Waals surface area contributed by atoms with Crippen LogP contribution in [0.4, 0.5) is 5.69 Å². The molecule has 0 saturated heterocycles. The number of aromatic nitrogens is 2. The Bertz CT molecular complexity index is 679. The molecule has 1 amide bonds. The summed E-state index contributed by atoms with van der Waals surface area (Å²) < 4.78 is 1.29. The van der Waals surface area contributed by atoms with Crippen molar-refractivity contribution in [2.24, 2.45) is 5.73 Å². The number of rotatable bonds is 5. The summed E-state index contributed by atoms with van der Waals surface area (Å²) in [5, 5.41) is 7.10. The number of anilines is 1. The first-order chi connectivity index (χ1) is 9.61. The summed E-state index contributed by atoms with van der Waals surface area (Å²) in [6.45, 7) is 2.87. The van der Waals surface area contributed by atoms with Gasteiger partial charge in [-0.1, -0.05) is 18.2 Å². The molecule has 2 rings (SSSR count). The van der Waals surface area contributed by atoms with Crippen molar-refractivity contribution in [2.75, 3.05) is 11.9 Å². The number of nitrogens with zero attached hydrogens (tertiary/aromatic N) is 2. The first-order valence-electron chi connectivity index (χ1n) is 6.30. The molecular weight excluding hydrogens is 256 g/mol. The van der Waals surface area contributed by atoms with Gasteiger partial charge in [0.15, 0.2) is 0 Å². The van der Waals surface area contributed by atoms with Gasteiger partial charge < -0.3 is 11.1 Å². The van der Waals surface area contributed by atoms with Crippen molar-refractivity contribution in [1.82, 2.24) is 9.78 Å². The van der Waals surface area contributed by atoms with Crippen LogP contribution in [0.5, 0.6) is 0 Å². The molecule has 0 unspecified atom stereocenters. The quantitative estimate of drug-likeness (QED) is 0.843. The maximum Gasteiger partial charge on any atom is 0.269 e. The molecule has 1 heterocycles. The Morgan fingerprint density at radius 1 is 1.40 bits per heavy atom. The Kier molecular flexibility index (Phi) is 4.14. The van der Waals surface area contributed by atoms with Crippen LogP contribution in [0.15, 0.2) is 41.3 Å². The van der Waals surface area contributed by atoms with Crippen LogP contribution >= 0.6 is 0 Å².